The van der Waals surface area contributed by atoms with Crippen LogP contribution < -0.4 is 5.32 Å². The number of alkyl carbamates (subject to hydrolysis) is 1. The number of carbonyl (C=O) groups is 2. The molecule has 0 aliphatic rings. The summed E-state index contributed by atoms with van der Waals surface area (Å²) >= 11 is 6.12. The number of amides is 1. The summed E-state index contributed by atoms with van der Waals surface area (Å²) < 4.78 is 5.43. The molecule has 3 aromatic rings. The topological polar surface area (TPSA) is 55.4 Å². The van der Waals surface area contributed by atoms with Gasteiger partial charge in [0.05, 0.1) is 0 Å². The van der Waals surface area contributed by atoms with Crippen molar-refractivity contribution >= 4 is 23.5 Å². The van der Waals surface area contributed by atoms with Crippen molar-refractivity contribution in [3.8, 4) is 11.1 Å². The van der Waals surface area contributed by atoms with Crippen LogP contribution in [-0.4, -0.2) is 23.5 Å². The van der Waals surface area contributed by atoms with Crippen LogP contribution in [0.5, 0.6) is 0 Å². The third-order valence-electron chi connectivity index (χ3n) is 5.32. The molecule has 5 heteroatoms. The number of rotatable bonds is 9. The second-order valence-electron chi connectivity index (χ2n) is 9.48. The summed E-state index contributed by atoms with van der Waals surface area (Å²) in [6.07, 6.45) is 1.40. The highest BCUT2D eigenvalue weighted by atomic mass is 35.5. The van der Waals surface area contributed by atoms with Gasteiger partial charge < -0.3 is 10.1 Å². The van der Waals surface area contributed by atoms with E-state index in [2.05, 4.69) is 5.32 Å². The number of ether oxygens (including phenoxy) is 1. The van der Waals surface area contributed by atoms with Crippen molar-refractivity contribution < 1.29 is 14.3 Å². The zero-order valence-corrected chi connectivity index (χ0v) is 20.8. The molecule has 0 saturated heterocycles. The second kappa shape index (κ2) is 11.8. The van der Waals surface area contributed by atoms with Gasteiger partial charge in [-0.05, 0) is 68.0 Å². The average Bonchev–Trinajstić information content (AvgIpc) is 2.77. The fourth-order valence-corrected chi connectivity index (χ4v) is 3.93. The van der Waals surface area contributed by atoms with Gasteiger partial charge in [0.15, 0.2) is 0 Å². The molecule has 0 saturated carbocycles. The number of hydrogen-bond donors (Lipinski definition) is 1. The number of benzene rings is 3. The quantitative estimate of drug-likeness (QED) is 0.359. The van der Waals surface area contributed by atoms with Crippen molar-refractivity contribution in [3.63, 3.8) is 0 Å². The molecule has 178 valence electrons. The Morgan fingerprint density at radius 3 is 2.24 bits per heavy atom. The van der Waals surface area contributed by atoms with Crippen LogP contribution in [0.4, 0.5) is 4.79 Å². The molecule has 3 aromatic carbocycles. The minimum Gasteiger partial charge on any atom is -0.444 e. The fourth-order valence-electron chi connectivity index (χ4n) is 3.74. The van der Waals surface area contributed by atoms with Crippen molar-refractivity contribution in [2.75, 3.05) is 0 Å². The van der Waals surface area contributed by atoms with Crippen LogP contribution in [0, 0.1) is 0 Å². The lowest BCUT2D eigenvalue weighted by Gasteiger charge is -2.23. The van der Waals surface area contributed by atoms with Crippen LogP contribution >= 0.6 is 11.6 Å². The molecule has 0 bridgehead atoms. The molecule has 34 heavy (non-hydrogen) atoms. The van der Waals surface area contributed by atoms with Crippen LogP contribution in [-0.2, 0) is 22.4 Å². The van der Waals surface area contributed by atoms with E-state index in [0.717, 1.165) is 22.3 Å². The first-order chi connectivity index (χ1) is 16.2. The molecule has 0 fully saturated rings. The van der Waals surface area contributed by atoms with E-state index in [0.29, 0.717) is 24.3 Å². The number of hydrogen-bond acceptors (Lipinski definition) is 3. The summed E-state index contributed by atoms with van der Waals surface area (Å²) in [5, 5.41) is 3.60. The van der Waals surface area contributed by atoms with E-state index in [1.54, 1.807) is 0 Å². The SMILES string of the molecule is CC(C)(C)OC(=O)NC(CC(=O)CCc1ccccc1)Cc1ccc(-c2cccc(Cl)c2)cc1. The normalized spacial score (nSPS) is 12.1. The number of nitrogens with one attached hydrogen (secondary N) is 1. The van der Waals surface area contributed by atoms with Gasteiger partial charge in [0.1, 0.15) is 11.4 Å². The van der Waals surface area contributed by atoms with Crippen LogP contribution in [0.25, 0.3) is 11.1 Å². The summed E-state index contributed by atoms with van der Waals surface area (Å²) in [5.74, 6) is 0.112. The van der Waals surface area contributed by atoms with Crippen molar-refractivity contribution in [1.82, 2.24) is 5.32 Å². The van der Waals surface area contributed by atoms with Gasteiger partial charge in [-0.3, -0.25) is 4.79 Å². The summed E-state index contributed by atoms with van der Waals surface area (Å²) in [4.78, 5) is 25.2. The van der Waals surface area contributed by atoms with Crippen molar-refractivity contribution in [3.05, 3.63) is 95.0 Å². The molecule has 0 radical (unpaired) electrons. The highest BCUT2D eigenvalue weighted by molar-refractivity contribution is 6.30. The number of aryl methyl sites for hydroxylation is 1. The average molecular weight is 478 g/mol. The van der Waals surface area contributed by atoms with Gasteiger partial charge in [0, 0.05) is 23.9 Å². The van der Waals surface area contributed by atoms with Crippen molar-refractivity contribution in [1.29, 1.82) is 0 Å². The standard InChI is InChI=1S/C29H32ClNO3/c1-29(2,3)34-28(33)31-26(20-27(32)17-14-21-8-5-4-6-9-21)18-22-12-15-23(16-13-22)24-10-7-11-25(30)19-24/h4-13,15-16,19,26H,14,17-18,20H2,1-3H3,(H,31,33). The Balaban J connectivity index is 1.67. The van der Waals surface area contributed by atoms with Gasteiger partial charge >= 0.3 is 6.09 Å². The van der Waals surface area contributed by atoms with E-state index in [9.17, 15) is 9.59 Å². The first kappa shape index (κ1) is 25.5. The molecule has 4 nitrogen and oxygen atoms in total. The van der Waals surface area contributed by atoms with Crippen LogP contribution in [0.2, 0.25) is 5.02 Å². The molecule has 1 N–H and O–H groups in total. The van der Waals surface area contributed by atoms with Crippen LogP contribution in [0.3, 0.4) is 0 Å². The Labute approximate surface area is 207 Å². The zero-order chi connectivity index (χ0) is 24.6. The minimum atomic E-state index is -0.607. The summed E-state index contributed by atoms with van der Waals surface area (Å²) in [6.45, 7) is 5.46. The predicted octanol–water partition coefficient (Wildman–Crippen LogP) is 7.03. The van der Waals surface area contributed by atoms with Gasteiger partial charge in [-0.15, -0.1) is 0 Å². The summed E-state index contributed by atoms with van der Waals surface area (Å²) in [5.41, 5.74) is 3.65. The maximum absolute atomic E-state index is 12.8. The van der Waals surface area contributed by atoms with E-state index < -0.39 is 11.7 Å². The first-order valence-electron chi connectivity index (χ1n) is 11.6. The predicted molar refractivity (Wildman–Crippen MR) is 138 cm³/mol. The van der Waals surface area contributed by atoms with E-state index >= 15 is 0 Å². The Bertz CT molecular complexity index is 1090. The Morgan fingerprint density at radius 1 is 0.882 bits per heavy atom. The molecule has 1 atom stereocenters. The van der Waals surface area contributed by atoms with Gasteiger partial charge in [-0.1, -0.05) is 78.3 Å². The Kier molecular flexibility index (Phi) is 8.89. The van der Waals surface area contributed by atoms with E-state index in [4.69, 9.17) is 16.3 Å². The molecule has 0 heterocycles. The lowest BCUT2D eigenvalue weighted by molar-refractivity contribution is -0.119. The van der Waals surface area contributed by atoms with Crippen molar-refractivity contribution in [2.24, 2.45) is 0 Å². The second-order valence-corrected chi connectivity index (χ2v) is 9.92. The zero-order valence-electron chi connectivity index (χ0n) is 20.0. The van der Waals surface area contributed by atoms with Gasteiger partial charge in [0.2, 0.25) is 0 Å². The fraction of sp³-hybridized carbons (Fsp3) is 0.310. The molecule has 0 spiro atoms. The molecule has 0 aliphatic heterocycles. The van der Waals surface area contributed by atoms with Gasteiger partial charge in [-0.25, -0.2) is 4.79 Å². The number of ketones is 1. The minimum absolute atomic E-state index is 0.112. The Hall–Kier alpha value is -3.11. The van der Waals surface area contributed by atoms with Crippen LogP contribution in [0.1, 0.15) is 44.7 Å². The highest BCUT2D eigenvalue weighted by Crippen LogP contribution is 2.23. The molecule has 1 unspecified atom stereocenters. The monoisotopic (exact) mass is 477 g/mol. The van der Waals surface area contributed by atoms with Gasteiger partial charge in [-0.2, -0.15) is 0 Å². The Morgan fingerprint density at radius 2 is 1.59 bits per heavy atom. The number of Topliss-reactive ketones (excluding diaryl/α,β-unsaturated/α-hetero) is 1. The number of halogens is 1. The molecular weight excluding hydrogens is 446 g/mol. The van der Waals surface area contributed by atoms with E-state index in [1.807, 2.05) is 99.6 Å². The summed E-state index contributed by atoms with van der Waals surface area (Å²) in [6, 6.07) is 25.4. The molecule has 0 aliphatic carbocycles. The molecule has 3 rings (SSSR count). The maximum atomic E-state index is 12.8. The van der Waals surface area contributed by atoms with E-state index in [1.165, 1.54) is 0 Å². The smallest absolute Gasteiger partial charge is 0.407 e. The van der Waals surface area contributed by atoms with Crippen molar-refractivity contribution in [2.45, 2.75) is 58.1 Å². The molecule has 1 amide bonds. The maximum Gasteiger partial charge on any atom is 0.407 e. The largest absolute Gasteiger partial charge is 0.444 e. The first-order valence-corrected chi connectivity index (χ1v) is 12.0. The van der Waals surface area contributed by atoms with Crippen LogP contribution in [0.15, 0.2) is 78.9 Å². The molecule has 0 aromatic heterocycles. The molecular formula is C29H32ClNO3. The number of carbonyl (C=O) groups excluding carboxylic acids is 2. The lowest BCUT2D eigenvalue weighted by atomic mass is 9.96. The van der Waals surface area contributed by atoms with E-state index in [-0.39, 0.29) is 18.2 Å². The lowest BCUT2D eigenvalue weighted by Crippen LogP contribution is -2.41. The highest BCUT2D eigenvalue weighted by Gasteiger charge is 2.22. The summed E-state index contributed by atoms with van der Waals surface area (Å²) in [7, 11) is 0. The third kappa shape index (κ3) is 8.68. The third-order valence-corrected chi connectivity index (χ3v) is 5.56. The van der Waals surface area contributed by atoms with Gasteiger partial charge in [0.25, 0.3) is 0 Å².